The normalized spacial score (nSPS) is 20.2. The maximum Gasteiger partial charge on any atom is 0.416 e. The lowest BCUT2D eigenvalue weighted by Gasteiger charge is -2.36. The highest BCUT2D eigenvalue weighted by Gasteiger charge is 2.31. The Balaban J connectivity index is 0.998. The fourth-order valence-corrected chi connectivity index (χ4v) is 6.93. The first-order valence-electron chi connectivity index (χ1n) is 14.7. The lowest BCUT2D eigenvalue weighted by Crippen LogP contribution is -2.47. The van der Waals surface area contributed by atoms with Crippen molar-refractivity contribution in [2.75, 3.05) is 24.5 Å². The van der Waals surface area contributed by atoms with Gasteiger partial charge in [-0.1, -0.05) is 34.7 Å². The van der Waals surface area contributed by atoms with Crippen LogP contribution in [0.25, 0.3) is 11.0 Å². The minimum Gasteiger partial charge on any atom is -0.490 e. The van der Waals surface area contributed by atoms with E-state index in [9.17, 15) is 22.4 Å². The maximum absolute atomic E-state index is 13.2. The second-order valence-corrected chi connectivity index (χ2v) is 12.8. The summed E-state index contributed by atoms with van der Waals surface area (Å²) in [6.07, 6.45) is -1.32. The number of anilines is 1. The molecule has 2 unspecified atom stereocenters. The van der Waals surface area contributed by atoms with Gasteiger partial charge in [-0.3, -0.25) is 9.69 Å². The van der Waals surface area contributed by atoms with Crippen molar-refractivity contribution in [2.45, 2.75) is 54.6 Å². The first-order chi connectivity index (χ1) is 21.1. The first-order valence-corrected chi connectivity index (χ1v) is 15.9. The molecule has 1 aromatic heterocycles. The number of furan rings is 1. The van der Waals surface area contributed by atoms with Gasteiger partial charge in [-0.15, -0.1) is 0 Å². The smallest absolute Gasteiger partial charge is 0.416 e. The van der Waals surface area contributed by atoms with Crippen molar-refractivity contribution in [3.8, 4) is 5.75 Å². The summed E-state index contributed by atoms with van der Waals surface area (Å²) in [5.41, 5.74) is 1.74. The Kier molecular flexibility index (Phi) is 9.04. The molecule has 44 heavy (non-hydrogen) atoms. The van der Waals surface area contributed by atoms with Crippen molar-refractivity contribution in [1.29, 1.82) is 0 Å². The number of alkyl halides is 4. The van der Waals surface area contributed by atoms with Gasteiger partial charge in [0.1, 0.15) is 23.3 Å². The van der Waals surface area contributed by atoms with E-state index in [1.807, 2.05) is 12.1 Å². The molecule has 11 heteroatoms. The highest BCUT2D eigenvalue weighted by Crippen LogP contribution is 2.32. The molecule has 2 atom stereocenters. The van der Waals surface area contributed by atoms with Gasteiger partial charge in [-0.25, -0.2) is 4.39 Å². The molecule has 1 N–H and O–H groups in total. The monoisotopic (exact) mass is 721 g/mol. The third-order valence-corrected chi connectivity index (χ3v) is 9.59. The molecule has 6 nitrogen and oxygen atoms in total. The predicted molar refractivity (Wildman–Crippen MR) is 169 cm³/mol. The summed E-state index contributed by atoms with van der Waals surface area (Å²) in [5, 5.41) is 3.93. The van der Waals surface area contributed by atoms with Crippen LogP contribution in [-0.2, 0) is 12.7 Å². The van der Waals surface area contributed by atoms with Crippen LogP contribution >= 0.6 is 22.6 Å². The van der Waals surface area contributed by atoms with Gasteiger partial charge in [0.15, 0.2) is 5.76 Å². The molecule has 2 fully saturated rings. The van der Waals surface area contributed by atoms with Crippen molar-refractivity contribution in [3.05, 3.63) is 95.5 Å². The number of hydrogen-bond donors (Lipinski definition) is 1. The number of nitrogens with one attached hydrogen (secondary N) is 1. The standard InChI is InChI=1S/C33H32F4IN3O3/c34-24-6-1-21(2-7-24)20-41-14-11-25(18-31(41)38)39-32(42)30-17-22-3-10-28(19-29(22)44-30)43-27-12-15-40(16-13-27)26-8-4-23(5-9-26)33(35,36)37/h1-10,17,19,25,27,31H,11-16,18,20H2,(H,39,42). The fourth-order valence-electron chi connectivity index (χ4n) is 5.84. The second-order valence-electron chi connectivity index (χ2n) is 11.4. The molecule has 2 saturated heterocycles. The topological polar surface area (TPSA) is 58.0 Å². The third kappa shape index (κ3) is 7.31. The van der Waals surface area contributed by atoms with Crippen LogP contribution in [0.4, 0.5) is 23.2 Å². The van der Waals surface area contributed by atoms with Gasteiger partial charge in [0, 0.05) is 62.2 Å². The third-order valence-electron chi connectivity index (χ3n) is 8.29. The van der Waals surface area contributed by atoms with Gasteiger partial charge in [-0.05, 0) is 73.0 Å². The molecule has 0 radical (unpaired) electrons. The fraction of sp³-hybridized carbons (Fsp3) is 0.364. The van der Waals surface area contributed by atoms with E-state index in [0.29, 0.717) is 24.4 Å². The van der Waals surface area contributed by atoms with Crippen LogP contribution in [0.15, 0.2) is 77.2 Å². The summed E-state index contributed by atoms with van der Waals surface area (Å²) in [7, 11) is 0. The maximum atomic E-state index is 13.2. The minimum atomic E-state index is -4.34. The van der Waals surface area contributed by atoms with Crippen LogP contribution in [0.5, 0.6) is 5.75 Å². The Morgan fingerprint density at radius 3 is 2.36 bits per heavy atom. The average molecular weight is 722 g/mol. The molecule has 2 aliphatic heterocycles. The Labute approximate surface area is 266 Å². The number of carbonyl (C=O) groups excluding carboxylic acids is 1. The Morgan fingerprint density at radius 2 is 1.68 bits per heavy atom. The molecule has 0 spiro atoms. The molecule has 6 rings (SSSR count). The van der Waals surface area contributed by atoms with Crippen molar-refractivity contribution >= 4 is 45.2 Å². The molecule has 0 aliphatic carbocycles. The van der Waals surface area contributed by atoms with Gasteiger partial charge in [0.05, 0.1) is 9.61 Å². The number of hydrogen-bond acceptors (Lipinski definition) is 5. The van der Waals surface area contributed by atoms with Crippen LogP contribution in [0.3, 0.4) is 0 Å². The van der Waals surface area contributed by atoms with Gasteiger partial charge < -0.3 is 19.4 Å². The van der Waals surface area contributed by atoms with E-state index in [1.54, 1.807) is 24.3 Å². The van der Waals surface area contributed by atoms with Crippen molar-refractivity contribution in [1.82, 2.24) is 10.2 Å². The van der Waals surface area contributed by atoms with E-state index >= 15 is 0 Å². The van der Waals surface area contributed by atoms with Crippen LogP contribution in [0, 0.1) is 5.82 Å². The van der Waals surface area contributed by atoms with E-state index in [1.165, 1.54) is 24.3 Å². The largest absolute Gasteiger partial charge is 0.490 e. The van der Waals surface area contributed by atoms with Gasteiger partial charge in [0.25, 0.3) is 5.91 Å². The Hall–Kier alpha value is -3.32. The number of fused-ring (bicyclic) bond motifs is 1. The number of carbonyl (C=O) groups is 1. The molecular weight excluding hydrogens is 689 g/mol. The summed E-state index contributed by atoms with van der Waals surface area (Å²) in [5.74, 6) is 0.405. The number of rotatable bonds is 7. The van der Waals surface area contributed by atoms with Crippen molar-refractivity contribution in [3.63, 3.8) is 0 Å². The number of benzene rings is 3. The SMILES string of the molecule is O=C(NC1CCN(Cc2ccc(F)cc2)C(I)C1)c1cc2ccc(OC3CCN(c4ccc(C(F)(F)F)cc4)CC3)cc2o1. The van der Waals surface area contributed by atoms with E-state index in [0.717, 1.165) is 67.5 Å². The highest BCUT2D eigenvalue weighted by molar-refractivity contribution is 14.1. The Morgan fingerprint density at radius 1 is 0.955 bits per heavy atom. The number of nitrogens with zero attached hydrogens (tertiary/aromatic N) is 2. The molecule has 0 saturated carbocycles. The van der Waals surface area contributed by atoms with Gasteiger partial charge in [0.2, 0.25) is 0 Å². The molecule has 1 amide bonds. The average Bonchev–Trinajstić information content (AvgIpc) is 3.44. The van der Waals surface area contributed by atoms with E-state index in [4.69, 9.17) is 9.15 Å². The lowest BCUT2D eigenvalue weighted by atomic mass is 10.0. The predicted octanol–water partition coefficient (Wildman–Crippen LogP) is 7.79. The first kappa shape index (κ1) is 30.7. The molecule has 3 aromatic carbocycles. The van der Waals surface area contributed by atoms with Gasteiger partial charge >= 0.3 is 6.18 Å². The molecule has 0 bridgehead atoms. The zero-order valence-corrected chi connectivity index (χ0v) is 26.0. The van der Waals surface area contributed by atoms with E-state index in [2.05, 4.69) is 37.7 Å². The summed E-state index contributed by atoms with van der Waals surface area (Å²) in [4.78, 5) is 17.5. The molecule has 232 valence electrons. The minimum absolute atomic E-state index is 0.0226. The summed E-state index contributed by atoms with van der Waals surface area (Å²) < 4.78 is 64.2. The quantitative estimate of drug-likeness (QED) is 0.0915. The number of halogens is 5. The summed E-state index contributed by atoms with van der Waals surface area (Å²) in [6, 6.07) is 19.1. The van der Waals surface area contributed by atoms with E-state index < -0.39 is 11.7 Å². The number of ether oxygens (including phenoxy) is 1. The van der Waals surface area contributed by atoms with Crippen molar-refractivity contribution in [2.24, 2.45) is 0 Å². The van der Waals surface area contributed by atoms with Crippen LogP contribution in [0.2, 0.25) is 0 Å². The number of amides is 1. The zero-order valence-electron chi connectivity index (χ0n) is 23.8. The highest BCUT2D eigenvalue weighted by atomic mass is 127. The molecular formula is C33H32F4IN3O3. The molecule has 2 aliphatic rings. The molecule has 3 heterocycles. The number of likely N-dealkylation sites (tertiary alicyclic amines) is 1. The summed E-state index contributed by atoms with van der Waals surface area (Å²) >= 11 is 2.40. The van der Waals surface area contributed by atoms with Crippen LogP contribution in [0.1, 0.15) is 47.4 Å². The van der Waals surface area contributed by atoms with Gasteiger partial charge in [-0.2, -0.15) is 13.2 Å². The summed E-state index contributed by atoms with van der Waals surface area (Å²) in [6.45, 7) is 2.90. The molecule has 4 aromatic rings. The van der Waals surface area contributed by atoms with Crippen LogP contribution in [-0.4, -0.2) is 46.6 Å². The number of piperidine rings is 2. The van der Waals surface area contributed by atoms with E-state index in [-0.39, 0.29) is 33.7 Å². The lowest BCUT2D eigenvalue weighted by molar-refractivity contribution is -0.137. The Bertz CT molecular complexity index is 1580. The second kappa shape index (κ2) is 13.0. The zero-order chi connectivity index (χ0) is 30.8. The van der Waals surface area contributed by atoms with Crippen LogP contribution < -0.4 is 15.0 Å². The van der Waals surface area contributed by atoms with Crippen molar-refractivity contribution < 1.29 is 31.5 Å².